The van der Waals surface area contributed by atoms with Crippen molar-refractivity contribution in [1.29, 1.82) is 0 Å². The Morgan fingerprint density at radius 3 is 2.65 bits per heavy atom. The fourth-order valence-electron chi connectivity index (χ4n) is 2.70. The van der Waals surface area contributed by atoms with Crippen LogP contribution in [0.4, 0.5) is 0 Å². The molecule has 1 heterocycles. The summed E-state index contributed by atoms with van der Waals surface area (Å²) in [6, 6.07) is 0. The fraction of sp³-hybridized carbons (Fsp3) is 0.643. The zero-order valence-corrected chi connectivity index (χ0v) is 11.8. The number of aryl methyl sites for hydroxylation is 1. The number of hydrogen-bond acceptors (Lipinski definition) is 3. The van der Waals surface area contributed by atoms with Crippen LogP contribution in [0.25, 0.3) is 0 Å². The molecule has 110 valence electrons. The zero-order chi connectivity index (χ0) is 14.6. The molecule has 2 N–H and O–H groups in total. The van der Waals surface area contributed by atoms with E-state index in [1.54, 1.807) is 10.9 Å². The van der Waals surface area contributed by atoms with Gasteiger partial charge in [0.25, 0.3) is 5.91 Å². The maximum absolute atomic E-state index is 12.0. The summed E-state index contributed by atoms with van der Waals surface area (Å²) in [6.07, 6.45) is 7.35. The molecule has 0 atom stereocenters. The van der Waals surface area contributed by atoms with Crippen LogP contribution in [0.1, 0.15) is 49.4 Å². The number of carboxylic acids is 1. The third-order valence-corrected chi connectivity index (χ3v) is 4.07. The van der Waals surface area contributed by atoms with Crippen molar-refractivity contribution in [2.24, 2.45) is 5.41 Å². The quantitative estimate of drug-likeness (QED) is 0.858. The number of carboxylic acid groups (broad SMARTS) is 1. The van der Waals surface area contributed by atoms with Crippen LogP contribution in [0.5, 0.6) is 0 Å². The molecule has 0 aliphatic heterocycles. The second-order valence-corrected chi connectivity index (χ2v) is 5.41. The van der Waals surface area contributed by atoms with Gasteiger partial charge in [-0.2, -0.15) is 5.10 Å². The molecule has 0 spiro atoms. The van der Waals surface area contributed by atoms with E-state index < -0.39 is 11.4 Å². The van der Waals surface area contributed by atoms with E-state index in [2.05, 4.69) is 10.4 Å². The third kappa shape index (κ3) is 3.00. The normalized spacial score (nSPS) is 17.6. The van der Waals surface area contributed by atoms with Gasteiger partial charge in [0.15, 0.2) is 0 Å². The van der Waals surface area contributed by atoms with Gasteiger partial charge in [0.2, 0.25) is 0 Å². The molecule has 1 aliphatic rings. The summed E-state index contributed by atoms with van der Waals surface area (Å²) >= 11 is 0. The van der Waals surface area contributed by atoms with Gasteiger partial charge in [-0.15, -0.1) is 0 Å². The Morgan fingerprint density at radius 1 is 1.40 bits per heavy atom. The number of carbonyl (C=O) groups is 2. The smallest absolute Gasteiger partial charge is 0.311 e. The van der Waals surface area contributed by atoms with Gasteiger partial charge < -0.3 is 10.4 Å². The Labute approximate surface area is 118 Å². The van der Waals surface area contributed by atoms with Crippen molar-refractivity contribution in [3.05, 3.63) is 18.0 Å². The zero-order valence-electron chi connectivity index (χ0n) is 11.8. The highest BCUT2D eigenvalue weighted by molar-refractivity contribution is 5.94. The van der Waals surface area contributed by atoms with Gasteiger partial charge in [-0.3, -0.25) is 14.3 Å². The van der Waals surface area contributed by atoms with Gasteiger partial charge in [-0.1, -0.05) is 19.3 Å². The van der Waals surface area contributed by atoms with E-state index in [-0.39, 0.29) is 12.5 Å². The summed E-state index contributed by atoms with van der Waals surface area (Å²) in [7, 11) is 0. The second-order valence-electron chi connectivity index (χ2n) is 5.41. The first kappa shape index (κ1) is 14.6. The summed E-state index contributed by atoms with van der Waals surface area (Å²) < 4.78 is 1.67. The molecule has 20 heavy (non-hydrogen) atoms. The number of aromatic nitrogens is 2. The first-order valence-electron chi connectivity index (χ1n) is 7.11. The molecule has 1 aliphatic carbocycles. The Morgan fingerprint density at radius 2 is 2.10 bits per heavy atom. The Balaban J connectivity index is 1.98. The minimum Gasteiger partial charge on any atom is -0.481 e. The third-order valence-electron chi connectivity index (χ3n) is 4.07. The van der Waals surface area contributed by atoms with Crippen LogP contribution in [-0.2, 0) is 11.3 Å². The van der Waals surface area contributed by atoms with Crippen molar-refractivity contribution < 1.29 is 14.7 Å². The summed E-state index contributed by atoms with van der Waals surface area (Å²) in [5.41, 5.74) is -0.322. The van der Waals surface area contributed by atoms with E-state index in [4.69, 9.17) is 0 Å². The molecule has 1 aromatic rings. The van der Waals surface area contributed by atoms with E-state index >= 15 is 0 Å². The summed E-state index contributed by atoms with van der Waals surface area (Å²) in [5, 5.41) is 16.2. The van der Waals surface area contributed by atoms with Crippen LogP contribution in [0.3, 0.4) is 0 Å². The molecule has 0 saturated heterocycles. The summed E-state index contributed by atoms with van der Waals surface area (Å²) in [5.74, 6) is -1.06. The van der Waals surface area contributed by atoms with Gasteiger partial charge in [0, 0.05) is 19.3 Å². The lowest BCUT2D eigenvalue weighted by Gasteiger charge is -2.33. The highest BCUT2D eigenvalue weighted by Crippen LogP contribution is 2.36. The molecular weight excluding hydrogens is 258 g/mol. The monoisotopic (exact) mass is 279 g/mol. The van der Waals surface area contributed by atoms with Crippen LogP contribution in [0, 0.1) is 5.41 Å². The van der Waals surface area contributed by atoms with E-state index in [0.29, 0.717) is 24.9 Å². The van der Waals surface area contributed by atoms with Crippen LogP contribution in [0.2, 0.25) is 0 Å². The standard InChI is InChI=1S/C14H21N3O3/c1-2-17-9-11(8-16-17)12(18)15-10-14(13(19)20)6-4-3-5-7-14/h8-9H,2-7,10H2,1H3,(H,15,18)(H,19,20). The number of rotatable bonds is 5. The van der Waals surface area contributed by atoms with E-state index in [0.717, 1.165) is 19.3 Å². The van der Waals surface area contributed by atoms with E-state index in [1.165, 1.54) is 6.20 Å². The number of carbonyl (C=O) groups excluding carboxylic acids is 1. The lowest BCUT2D eigenvalue weighted by molar-refractivity contribution is -0.150. The Bertz CT molecular complexity index is 490. The molecule has 0 radical (unpaired) electrons. The van der Waals surface area contributed by atoms with E-state index in [9.17, 15) is 14.7 Å². The molecule has 0 unspecified atom stereocenters. The van der Waals surface area contributed by atoms with Crippen LogP contribution >= 0.6 is 0 Å². The molecule has 1 fully saturated rings. The summed E-state index contributed by atoms with van der Waals surface area (Å²) in [6.45, 7) is 2.83. The van der Waals surface area contributed by atoms with E-state index in [1.807, 2.05) is 6.92 Å². The topological polar surface area (TPSA) is 84.2 Å². The number of hydrogen-bond donors (Lipinski definition) is 2. The molecule has 1 aromatic heterocycles. The fourth-order valence-corrected chi connectivity index (χ4v) is 2.70. The average Bonchev–Trinajstić information content (AvgIpc) is 2.94. The highest BCUT2D eigenvalue weighted by Gasteiger charge is 2.39. The molecule has 6 nitrogen and oxygen atoms in total. The second kappa shape index (κ2) is 6.07. The van der Waals surface area contributed by atoms with Crippen LogP contribution < -0.4 is 5.32 Å². The maximum Gasteiger partial charge on any atom is 0.311 e. The van der Waals surface area contributed by atoms with Crippen molar-refractivity contribution in [1.82, 2.24) is 15.1 Å². The van der Waals surface area contributed by atoms with Crippen molar-refractivity contribution in [3.63, 3.8) is 0 Å². The first-order valence-corrected chi connectivity index (χ1v) is 7.11. The number of aliphatic carboxylic acids is 1. The van der Waals surface area contributed by atoms with Crippen molar-refractivity contribution >= 4 is 11.9 Å². The van der Waals surface area contributed by atoms with Crippen LogP contribution in [-0.4, -0.2) is 33.3 Å². The predicted octanol–water partition coefficient (Wildman–Crippen LogP) is 1.67. The highest BCUT2D eigenvalue weighted by atomic mass is 16.4. The van der Waals surface area contributed by atoms with Gasteiger partial charge in [0.05, 0.1) is 17.2 Å². The molecule has 0 aromatic carbocycles. The Kier molecular flexibility index (Phi) is 4.42. The largest absolute Gasteiger partial charge is 0.481 e. The van der Waals surface area contributed by atoms with Crippen LogP contribution in [0.15, 0.2) is 12.4 Å². The van der Waals surface area contributed by atoms with Crippen molar-refractivity contribution in [2.75, 3.05) is 6.54 Å². The first-order chi connectivity index (χ1) is 9.57. The molecule has 2 rings (SSSR count). The van der Waals surface area contributed by atoms with Gasteiger partial charge >= 0.3 is 5.97 Å². The van der Waals surface area contributed by atoms with Crippen molar-refractivity contribution in [2.45, 2.75) is 45.6 Å². The average molecular weight is 279 g/mol. The maximum atomic E-state index is 12.0. The lowest BCUT2D eigenvalue weighted by Crippen LogP contribution is -2.44. The van der Waals surface area contributed by atoms with Gasteiger partial charge in [-0.05, 0) is 19.8 Å². The number of nitrogens with one attached hydrogen (secondary N) is 1. The predicted molar refractivity (Wildman–Crippen MR) is 73.4 cm³/mol. The van der Waals surface area contributed by atoms with Crippen molar-refractivity contribution in [3.8, 4) is 0 Å². The lowest BCUT2D eigenvalue weighted by atomic mass is 9.74. The molecule has 1 saturated carbocycles. The Hall–Kier alpha value is -1.85. The molecule has 1 amide bonds. The number of amides is 1. The summed E-state index contributed by atoms with van der Waals surface area (Å²) in [4.78, 5) is 23.5. The number of nitrogens with zero attached hydrogens (tertiary/aromatic N) is 2. The SMILES string of the molecule is CCn1cc(C(=O)NCC2(C(=O)O)CCCCC2)cn1. The molecule has 6 heteroatoms. The van der Waals surface area contributed by atoms with Gasteiger partial charge in [0.1, 0.15) is 0 Å². The minimum absolute atomic E-state index is 0.193. The molecular formula is C14H21N3O3. The minimum atomic E-state index is -0.804. The van der Waals surface area contributed by atoms with Gasteiger partial charge in [-0.25, -0.2) is 0 Å². The molecule has 0 bridgehead atoms.